The van der Waals surface area contributed by atoms with Crippen LogP contribution in [0.2, 0.25) is 0 Å². The van der Waals surface area contributed by atoms with Crippen molar-refractivity contribution in [2.45, 2.75) is 20.0 Å². The van der Waals surface area contributed by atoms with Crippen LogP contribution in [0.25, 0.3) is 6.08 Å². The molecule has 1 aliphatic rings. The summed E-state index contributed by atoms with van der Waals surface area (Å²) in [6.45, 7) is 6.37. The summed E-state index contributed by atoms with van der Waals surface area (Å²) in [7, 11) is 0. The van der Waals surface area contributed by atoms with E-state index in [9.17, 15) is 9.59 Å². The number of carbonyl (C=O) groups is 2. The molecule has 0 aliphatic carbocycles. The standard InChI is InChI=1S/C27H23NO3S/c1-3-7-22-16-21(14-15-24(22)31-18-20-12-10-19(2)11-13-20)17-25-26(29)28(27(30)32-25)23-8-5-4-6-9-23/h3-6,8-17H,1,7,18H2,2H3/b25-17-. The molecule has 3 aromatic carbocycles. The zero-order valence-electron chi connectivity index (χ0n) is 17.8. The number of hydrogen-bond acceptors (Lipinski definition) is 4. The summed E-state index contributed by atoms with van der Waals surface area (Å²) in [6.07, 6.45) is 4.21. The third kappa shape index (κ3) is 4.84. The second kappa shape index (κ2) is 9.71. The van der Waals surface area contributed by atoms with E-state index >= 15 is 0 Å². The van der Waals surface area contributed by atoms with Gasteiger partial charge in [0.2, 0.25) is 0 Å². The first-order valence-corrected chi connectivity index (χ1v) is 11.1. The van der Waals surface area contributed by atoms with Gasteiger partial charge in [0.1, 0.15) is 12.4 Å². The van der Waals surface area contributed by atoms with Gasteiger partial charge in [-0.05, 0) is 72.1 Å². The monoisotopic (exact) mass is 441 g/mol. The van der Waals surface area contributed by atoms with E-state index in [0.29, 0.717) is 23.6 Å². The molecule has 32 heavy (non-hydrogen) atoms. The molecule has 160 valence electrons. The molecule has 0 atom stereocenters. The van der Waals surface area contributed by atoms with Crippen molar-refractivity contribution in [3.63, 3.8) is 0 Å². The molecule has 4 rings (SSSR count). The van der Waals surface area contributed by atoms with Gasteiger partial charge in [-0.3, -0.25) is 9.59 Å². The maximum Gasteiger partial charge on any atom is 0.298 e. The normalized spacial score (nSPS) is 14.8. The molecule has 1 heterocycles. The fourth-order valence-corrected chi connectivity index (χ4v) is 4.25. The number of rotatable bonds is 7. The van der Waals surface area contributed by atoms with Crippen LogP contribution >= 0.6 is 11.8 Å². The van der Waals surface area contributed by atoms with E-state index in [0.717, 1.165) is 34.2 Å². The number of allylic oxidation sites excluding steroid dienone is 1. The summed E-state index contributed by atoms with van der Waals surface area (Å²) in [5.41, 5.74) is 4.69. The van der Waals surface area contributed by atoms with Crippen LogP contribution in [0.15, 0.2) is 90.4 Å². The summed E-state index contributed by atoms with van der Waals surface area (Å²) in [4.78, 5) is 26.9. The number of ether oxygens (including phenoxy) is 1. The number of hydrogen-bond donors (Lipinski definition) is 0. The van der Waals surface area contributed by atoms with Gasteiger partial charge in [0.05, 0.1) is 10.6 Å². The predicted molar refractivity (Wildman–Crippen MR) is 131 cm³/mol. The van der Waals surface area contributed by atoms with Gasteiger partial charge in [-0.15, -0.1) is 6.58 Å². The number of benzene rings is 3. The van der Waals surface area contributed by atoms with E-state index in [-0.39, 0.29) is 11.1 Å². The lowest BCUT2D eigenvalue weighted by atomic mass is 10.1. The highest BCUT2D eigenvalue weighted by Gasteiger charge is 2.36. The summed E-state index contributed by atoms with van der Waals surface area (Å²) in [5.74, 6) is 0.469. The van der Waals surface area contributed by atoms with Gasteiger partial charge in [0, 0.05) is 0 Å². The molecule has 0 unspecified atom stereocenters. The summed E-state index contributed by atoms with van der Waals surface area (Å²) in [5, 5.41) is -0.295. The number of aryl methyl sites for hydroxylation is 1. The van der Waals surface area contributed by atoms with Gasteiger partial charge < -0.3 is 4.74 Å². The highest BCUT2D eigenvalue weighted by Crippen LogP contribution is 2.36. The van der Waals surface area contributed by atoms with E-state index in [2.05, 4.69) is 37.8 Å². The molecule has 1 aliphatic heterocycles. The predicted octanol–water partition coefficient (Wildman–Crippen LogP) is 6.54. The van der Waals surface area contributed by atoms with Crippen molar-refractivity contribution in [2.75, 3.05) is 4.90 Å². The van der Waals surface area contributed by atoms with Crippen LogP contribution in [0.1, 0.15) is 22.3 Å². The molecule has 3 aromatic rings. The Labute approximate surface area is 192 Å². The fraction of sp³-hybridized carbons (Fsp3) is 0.111. The third-order valence-corrected chi connectivity index (χ3v) is 5.94. The topological polar surface area (TPSA) is 46.6 Å². The van der Waals surface area contributed by atoms with Crippen LogP contribution < -0.4 is 9.64 Å². The van der Waals surface area contributed by atoms with Crippen LogP contribution in [-0.2, 0) is 17.8 Å². The lowest BCUT2D eigenvalue weighted by Gasteiger charge is -2.12. The first-order chi connectivity index (χ1) is 15.5. The Kier molecular flexibility index (Phi) is 6.57. The molecule has 0 radical (unpaired) electrons. The first-order valence-electron chi connectivity index (χ1n) is 10.3. The molecule has 1 saturated heterocycles. The lowest BCUT2D eigenvalue weighted by Crippen LogP contribution is -2.27. The van der Waals surface area contributed by atoms with Crippen LogP contribution in [-0.4, -0.2) is 11.1 Å². The van der Waals surface area contributed by atoms with E-state index in [1.54, 1.807) is 30.3 Å². The highest BCUT2D eigenvalue weighted by atomic mass is 32.2. The Hall–Kier alpha value is -3.57. The van der Waals surface area contributed by atoms with Gasteiger partial charge in [0.15, 0.2) is 0 Å². The van der Waals surface area contributed by atoms with Gasteiger partial charge in [-0.25, -0.2) is 4.90 Å². The molecule has 1 fully saturated rings. The molecule has 0 bridgehead atoms. The molecular weight excluding hydrogens is 418 g/mol. The van der Waals surface area contributed by atoms with E-state index < -0.39 is 0 Å². The van der Waals surface area contributed by atoms with E-state index in [1.807, 2.05) is 30.3 Å². The van der Waals surface area contributed by atoms with Crippen LogP contribution in [0.4, 0.5) is 10.5 Å². The Morgan fingerprint density at radius 3 is 2.47 bits per heavy atom. The number of amides is 2. The zero-order valence-corrected chi connectivity index (χ0v) is 18.6. The minimum Gasteiger partial charge on any atom is -0.489 e. The zero-order chi connectivity index (χ0) is 22.5. The van der Waals surface area contributed by atoms with Crippen molar-refractivity contribution in [2.24, 2.45) is 0 Å². The van der Waals surface area contributed by atoms with Gasteiger partial charge in [-0.1, -0.05) is 60.2 Å². The van der Waals surface area contributed by atoms with Crippen LogP contribution in [0.5, 0.6) is 5.75 Å². The average Bonchev–Trinajstić information content (AvgIpc) is 3.08. The van der Waals surface area contributed by atoms with Gasteiger partial charge in [0.25, 0.3) is 11.1 Å². The van der Waals surface area contributed by atoms with Crippen molar-refractivity contribution >= 4 is 34.7 Å². The minimum atomic E-state index is -0.309. The van der Waals surface area contributed by atoms with Crippen molar-refractivity contribution < 1.29 is 14.3 Å². The Bertz CT molecular complexity index is 1180. The SMILES string of the molecule is C=CCc1cc(/C=C2\SC(=O)N(c3ccccc3)C2=O)ccc1OCc1ccc(C)cc1. The molecule has 0 N–H and O–H groups in total. The molecule has 0 spiro atoms. The number of carbonyl (C=O) groups excluding carboxylic acids is 2. The smallest absolute Gasteiger partial charge is 0.298 e. The van der Waals surface area contributed by atoms with E-state index in [4.69, 9.17) is 4.74 Å². The van der Waals surface area contributed by atoms with Crippen LogP contribution in [0.3, 0.4) is 0 Å². The number of nitrogens with zero attached hydrogens (tertiary/aromatic N) is 1. The molecular formula is C27H23NO3S. The number of thioether (sulfide) groups is 1. The average molecular weight is 442 g/mol. The Balaban J connectivity index is 1.55. The van der Waals surface area contributed by atoms with Crippen molar-refractivity contribution in [3.8, 4) is 5.75 Å². The largest absolute Gasteiger partial charge is 0.489 e. The second-order valence-electron chi connectivity index (χ2n) is 7.49. The summed E-state index contributed by atoms with van der Waals surface area (Å²) < 4.78 is 6.05. The fourth-order valence-electron chi connectivity index (χ4n) is 3.41. The summed E-state index contributed by atoms with van der Waals surface area (Å²) >= 11 is 0.951. The van der Waals surface area contributed by atoms with Crippen molar-refractivity contribution in [1.29, 1.82) is 0 Å². The first kappa shape index (κ1) is 21.7. The quantitative estimate of drug-likeness (QED) is 0.308. The number of anilines is 1. The second-order valence-corrected chi connectivity index (χ2v) is 8.48. The van der Waals surface area contributed by atoms with E-state index in [1.165, 1.54) is 10.5 Å². The minimum absolute atomic E-state index is 0.295. The number of para-hydroxylation sites is 1. The maximum atomic E-state index is 12.9. The lowest BCUT2D eigenvalue weighted by molar-refractivity contribution is -0.113. The Morgan fingerprint density at radius 1 is 1.00 bits per heavy atom. The van der Waals surface area contributed by atoms with Crippen molar-refractivity contribution in [1.82, 2.24) is 0 Å². The highest BCUT2D eigenvalue weighted by molar-refractivity contribution is 8.19. The molecule has 0 saturated carbocycles. The van der Waals surface area contributed by atoms with Crippen molar-refractivity contribution in [3.05, 3.63) is 113 Å². The molecule has 4 nitrogen and oxygen atoms in total. The number of imide groups is 1. The Morgan fingerprint density at radius 2 is 1.75 bits per heavy atom. The van der Waals surface area contributed by atoms with Gasteiger partial charge in [-0.2, -0.15) is 0 Å². The van der Waals surface area contributed by atoms with Gasteiger partial charge >= 0.3 is 0 Å². The van der Waals surface area contributed by atoms with Crippen LogP contribution in [0, 0.1) is 6.92 Å². The molecule has 0 aromatic heterocycles. The molecule has 5 heteroatoms. The summed E-state index contributed by atoms with van der Waals surface area (Å²) in [6, 6.07) is 23.0. The maximum absolute atomic E-state index is 12.9. The molecule has 2 amide bonds. The third-order valence-electron chi connectivity index (χ3n) is 5.07.